The average molecular weight is 382 g/mol. The number of alkyl halides is 2. The molecular formula is C18H18ClF2N3O2. The van der Waals surface area contributed by atoms with Gasteiger partial charge in [0.2, 0.25) is 5.88 Å². The Bertz CT molecular complexity index is 789. The van der Waals surface area contributed by atoms with Crippen LogP contribution in [0.4, 0.5) is 13.6 Å². The van der Waals surface area contributed by atoms with Gasteiger partial charge in [-0.2, -0.15) is 0 Å². The summed E-state index contributed by atoms with van der Waals surface area (Å²) in [6, 6.07) is 8.77. The van der Waals surface area contributed by atoms with E-state index in [1.807, 2.05) is 18.2 Å². The minimum Gasteiger partial charge on any atom is -0.471 e. The van der Waals surface area contributed by atoms with E-state index in [0.29, 0.717) is 25.1 Å². The molecule has 0 atom stereocenters. The Balaban J connectivity index is 1.60. The van der Waals surface area contributed by atoms with Crippen LogP contribution < -0.4 is 10.1 Å². The van der Waals surface area contributed by atoms with E-state index in [1.54, 1.807) is 17.0 Å². The van der Waals surface area contributed by atoms with E-state index in [1.165, 1.54) is 6.20 Å². The number of nitrogens with zero attached hydrogens (tertiary/aromatic N) is 2. The minimum atomic E-state index is -2.58. The van der Waals surface area contributed by atoms with Gasteiger partial charge >= 0.3 is 6.03 Å². The molecule has 26 heavy (non-hydrogen) atoms. The topological polar surface area (TPSA) is 54.5 Å². The summed E-state index contributed by atoms with van der Waals surface area (Å²) in [5.74, 6) is 0.101. The van der Waals surface area contributed by atoms with Gasteiger partial charge in [-0.05, 0) is 29.7 Å². The number of rotatable bonds is 5. The summed E-state index contributed by atoms with van der Waals surface area (Å²) < 4.78 is 29.6. The zero-order chi connectivity index (χ0) is 18.5. The number of halogens is 3. The van der Waals surface area contributed by atoms with Crippen molar-refractivity contribution in [1.29, 1.82) is 0 Å². The normalized spacial score (nSPS) is 13.5. The molecule has 0 saturated carbocycles. The Labute approximate surface area is 154 Å². The van der Waals surface area contributed by atoms with Gasteiger partial charge in [-0.1, -0.05) is 29.8 Å². The van der Waals surface area contributed by atoms with Crippen molar-refractivity contribution >= 4 is 17.6 Å². The van der Waals surface area contributed by atoms with Crippen LogP contribution in [0.25, 0.3) is 0 Å². The molecular weight excluding hydrogens is 364 g/mol. The summed E-state index contributed by atoms with van der Waals surface area (Å²) in [7, 11) is 0. The van der Waals surface area contributed by atoms with Crippen LogP contribution in [-0.4, -0.2) is 35.5 Å². The molecule has 0 spiro atoms. The Kier molecular flexibility index (Phi) is 5.88. The third-order valence-electron chi connectivity index (χ3n) is 4.12. The van der Waals surface area contributed by atoms with Crippen molar-refractivity contribution < 1.29 is 18.3 Å². The maximum Gasteiger partial charge on any atom is 0.317 e. The number of nitrogens with one attached hydrogen (secondary N) is 1. The molecule has 0 bridgehead atoms. The van der Waals surface area contributed by atoms with Crippen LogP contribution in [0.2, 0.25) is 5.02 Å². The minimum absolute atomic E-state index is 0.101. The lowest BCUT2D eigenvalue weighted by Crippen LogP contribution is -2.42. The first-order valence-corrected chi connectivity index (χ1v) is 8.56. The van der Waals surface area contributed by atoms with Crippen LogP contribution in [0.5, 0.6) is 5.88 Å². The van der Waals surface area contributed by atoms with Gasteiger partial charge in [0.15, 0.2) is 6.61 Å². The highest BCUT2D eigenvalue weighted by atomic mass is 35.5. The molecule has 0 aliphatic carbocycles. The monoisotopic (exact) mass is 381 g/mol. The number of hydrogen-bond acceptors (Lipinski definition) is 3. The lowest BCUT2D eigenvalue weighted by atomic mass is 10.00. The summed E-state index contributed by atoms with van der Waals surface area (Å²) in [6.45, 7) is 0.444. The van der Waals surface area contributed by atoms with Crippen molar-refractivity contribution in [2.24, 2.45) is 0 Å². The molecule has 5 nitrogen and oxygen atoms in total. The zero-order valence-electron chi connectivity index (χ0n) is 13.9. The molecule has 3 rings (SSSR count). The van der Waals surface area contributed by atoms with Crippen LogP contribution in [0, 0.1) is 0 Å². The fourth-order valence-electron chi connectivity index (χ4n) is 2.85. The van der Waals surface area contributed by atoms with Gasteiger partial charge in [0.1, 0.15) is 0 Å². The zero-order valence-corrected chi connectivity index (χ0v) is 14.7. The summed E-state index contributed by atoms with van der Waals surface area (Å²) in [6.07, 6.45) is -0.435. The average Bonchev–Trinajstić information content (AvgIpc) is 2.65. The van der Waals surface area contributed by atoms with E-state index >= 15 is 0 Å². The van der Waals surface area contributed by atoms with Crippen molar-refractivity contribution in [1.82, 2.24) is 15.2 Å². The predicted octanol–water partition coefficient (Wildman–Crippen LogP) is 3.65. The smallest absolute Gasteiger partial charge is 0.317 e. The highest BCUT2D eigenvalue weighted by Crippen LogP contribution is 2.26. The number of fused-ring (bicyclic) bond motifs is 1. The third-order valence-corrected chi connectivity index (χ3v) is 4.48. The number of carbonyl (C=O) groups is 1. The van der Waals surface area contributed by atoms with Gasteiger partial charge in [0, 0.05) is 36.4 Å². The molecule has 1 aliphatic rings. The molecule has 2 aromatic rings. The molecule has 0 fully saturated rings. The van der Waals surface area contributed by atoms with E-state index < -0.39 is 13.0 Å². The number of aromatic nitrogens is 1. The second kappa shape index (κ2) is 8.31. The van der Waals surface area contributed by atoms with Crippen molar-refractivity contribution in [2.75, 3.05) is 13.2 Å². The summed E-state index contributed by atoms with van der Waals surface area (Å²) in [4.78, 5) is 18.1. The van der Waals surface area contributed by atoms with Crippen molar-refractivity contribution in [3.8, 4) is 5.88 Å². The van der Waals surface area contributed by atoms with E-state index in [9.17, 15) is 13.6 Å². The van der Waals surface area contributed by atoms with Gasteiger partial charge in [-0.3, -0.25) is 0 Å². The van der Waals surface area contributed by atoms with Crippen LogP contribution in [-0.2, 0) is 19.5 Å². The van der Waals surface area contributed by atoms with Gasteiger partial charge in [0.25, 0.3) is 6.43 Å². The van der Waals surface area contributed by atoms with E-state index in [0.717, 1.165) is 16.1 Å². The quantitative estimate of drug-likeness (QED) is 0.860. The lowest BCUT2D eigenvalue weighted by molar-refractivity contribution is 0.0790. The predicted molar refractivity (Wildman–Crippen MR) is 93.5 cm³/mol. The molecule has 2 amide bonds. The Morgan fingerprint density at radius 3 is 3.00 bits per heavy atom. The number of carbonyl (C=O) groups excluding carboxylic acids is 1. The molecule has 1 aromatic carbocycles. The van der Waals surface area contributed by atoms with Crippen LogP contribution in [0.15, 0.2) is 36.5 Å². The Morgan fingerprint density at radius 1 is 1.35 bits per heavy atom. The first kappa shape index (κ1) is 18.4. The maximum atomic E-state index is 12.4. The molecule has 138 valence electrons. The molecule has 0 saturated heterocycles. The second-order valence-electron chi connectivity index (χ2n) is 5.88. The van der Waals surface area contributed by atoms with E-state index in [2.05, 4.69) is 10.3 Å². The number of amides is 2. The number of urea groups is 1. The van der Waals surface area contributed by atoms with Gasteiger partial charge in [-0.15, -0.1) is 0 Å². The van der Waals surface area contributed by atoms with Crippen LogP contribution in [0.3, 0.4) is 0 Å². The van der Waals surface area contributed by atoms with Crippen LogP contribution >= 0.6 is 11.6 Å². The molecule has 0 unspecified atom stereocenters. The number of pyridine rings is 1. The highest BCUT2D eigenvalue weighted by Gasteiger charge is 2.22. The van der Waals surface area contributed by atoms with Gasteiger partial charge in [0.05, 0.1) is 0 Å². The van der Waals surface area contributed by atoms with Crippen molar-refractivity contribution in [2.45, 2.75) is 25.9 Å². The maximum absolute atomic E-state index is 12.4. The fraction of sp³-hybridized carbons (Fsp3) is 0.333. The van der Waals surface area contributed by atoms with Crippen LogP contribution in [0.1, 0.15) is 16.7 Å². The van der Waals surface area contributed by atoms with Crippen molar-refractivity contribution in [3.05, 3.63) is 58.2 Å². The standard InChI is InChI=1S/C18H18ClF2N3O2/c19-15-5-1-3-13-10-24(8-6-14(13)15)18(25)23-9-12-4-2-7-22-17(12)26-11-16(20)21/h1-5,7,16H,6,8-11H2,(H,23,25). The largest absolute Gasteiger partial charge is 0.471 e. The van der Waals surface area contributed by atoms with Crippen molar-refractivity contribution in [3.63, 3.8) is 0 Å². The second-order valence-corrected chi connectivity index (χ2v) is 6.28. The highest BCUT2D eigenvalue weighted by molar-refractivity contribution is 6.31. The van der Waals surface area contributed by atoms with Gasteiger partial charge < -0.3 is 15.0 Å². The summed E-state index contributed by atoms with van der Waals surface area (Å²) in [5.41, 5.74) is 2.65. The van der Waals surface area contributed by atoms with E-state index in [4.69, 9.17) is 16.3 Å². The summed E-state index contributed by atoms with van der Waals surface area (Å²) in [5, 5.41) is 3.51. The molecule has 8 heteroatoms. The molecule has 2 heterocycles. The molecule has 1 N–H and O–H groups in total. The summed E-state index contributed by atoms with van der Waals surface area (Å²) >= 11 is 6.19. The number of ether oxygens (including phenoxy) is 1. The molecule has 1 aliphatic heterocycles. The molecule has 0 radical (unpaired) electrons. The Hall–Kier alpha value is -2.41. The molecule has 1 aromatic heterocycles. The number of benzene rings is 1. The first-order valence-electron chi connectivity index (χ1n) is 8.18. The fourth-order valence-corrected chi connectivity index (χ4v) is 3.14. The first-order chi connectivity index (χ1) is 12.5. The third kappa shape index (κ3) is 4.40. The van der Waals surface area contributed by atoms with E-state index in [-0.39, 0.29) is 18.5 Å². The Morgan fingerprint density at radius 2 is 2.19 bits per heavy atom. The SMILES string of the molecule is O=C(NCc1cccnc1OCC(F)F)N1CCc2c(Cl)cccc2C1. The number of hydrogen-bond donors (Lipinski definition) is 1. The van der Waals surface area contributed by atoms with Gasteiger partial charge in [-0.25, -0.2) is 18.6 Å². The lowest BCUT2D eigenvalue weighted by Gasteiger charge is -2.29.